The first-order valence-corrected chi connectivity index (χ1v) is 6.20. The van der Waals surface area contributed by atoms with E-state index in [2.05, 4.69) is 0 Å². The van der Waals surface area contributed by atoms with E-state index in [0.717, 1.165) is 11.1 Å². The van der Waals surface area contributed by atoms with Gasteiger partial charge in [0.1, 0.15) is 5.75 Å². The Kier molecular flexibility index (Phi) is 5.59. The summed E-state index contributed by atoms with van der Waals surface area (Å²) in [5.74, 6) is -0.0200. The number of aryl methyl sites for hydroxylation is 1. The fraction of sp³-hybridized carbons (Fsp3) is 0.188. The summed E-state index contributed by atoms with van der Waals surface area (Å²) in [7, 11) is 0. The molecule has 0 radical (unpaired) electrons. The van der Waals surface area contributed by atoms with Crippen molar-refractivity contribution in [2.75, 3.05) is 5.73 Å². The maximum absolute atomic E-state index is 12.0. The van der Waals surface area contributed by atoms with Crippen LogP contribution in [0.25, 0.3) is 0 Å². The molecule has 0 aliphatic carbocycles. The number of nitrogen functional groups attached to an aromatic ring is 1. The zero-order valence-electron chi connectivity index (χ0n) is 11.5. The monoisotopic (exact) mass is 291 g/mol. The van der Waals surface area contributed by atoms with Crippen LogP contribution >= 0.6 is 12.4 Å². The van der Waals surface area contributed by atoms with E-state index in [1.807, 2.05) is 38.1 Å². The van der Waals surface area contributed by atoms with Gasteiger partial charge < -0.3 is 10.5 Å². The van der Waals surface area contributed by atoms with Crippen molar-refractivity contribution < 1.29 is 9.53 Å². The topological polar surface area (TPSA) is 52.3 Å². The maximum Gasteiger partial charge on any atom is 0.318 e. The molecule has 0 bridgehead atoms. The molecule has 2 rings (SSSR count). The summed E-state index contributed by atoms with van der Waals surface area (Å²) in [6.45, 7) is 3.81. The van der Waals surface area contributed by atoms with Crippen LogP contribution in [0, 0.1) is 6.92 Å². The molecule has 2 aromatic rings. The zero-order chi connectivity index (χ0) is 13.8. The van der Waals surface area contributed by atoms with E-state index >= 15 is 0 Å². The molecule has 0 amide bonds. The Balaban J connectivity index is 0.00000200. The molecule has 0 spiro atoms. The number of hydrogen-bond acceptors (Lipinski definition) is 3. The van der Waals surface area contributed by atoms with Gasteiger partial charge in [0.15, 0.2) is 0 Å². The molecule has 20 heavy (non-hydrogen) atoms. The Hall–Kier alpha value is -2.00. The molecule has 2 N–H and O–H groups in total. The van der Waals surface area contributed by atoms with Crippen molar-refractivity contribution in [3.63, 3.8) is 0 Å². The van der Waals surface area contributed by atoms with Gasteiger partial charge in [0.05, 0.1) is 5.92 Å². The van der Waals surface area contributed by atoms with Crippen LogP contribution in [0.4, 0.5) is 5.69 Å². The van der Waals surface area contributed by atoms with Crippen LogP contribution in [0.2, 0.25) is 0 Å². The summed E-state index contributed by atoms with van der Waals surface area (Å²) >= 11 is 0. The molecule has 0 aliphatic heterocycles. The first-order chi connectivity index (χ1) is 9.06. The lowest BCUT2D eigenvalue weighted by Gasteiger charge is -2.12. The highest BCUT2D eigenvalue weighted by molar-refractivity contribution is 5.85. The lowest BCUT2D eigenvalue weighted by atomic mass is 10.0. The number of ether oxygens (including phenoxy) is 1. The minimum absolute atomic E-state index is 0. The van der Waals surface area contributed by atoms with E-state index in [0.29, 0.717) is 11.4 Å². The number of esters is 1. The molecule has 106 valence electrons. The van der Waals surface area contributed by atoms with Crippen molar-refractivity contribution in [3.8, 4) is 5.75 Å². The third kappa shape index (κ3) is 4.00. The zero-order valence-corrected chi connectivity index (χ0v) is 12.3. The third-order valence-corrected chi connectivity index (χ3v) is 3.03. The van der Waals surface area contributed by atoms with Crippen molar-refractivity contribution in [2.45, 2.75) is 19.8 Å². The second kappa shape index (κ2) is 6.96. The average Bonchev–Trinajstić information content (AvgIpc) is 2.41. The van der Waals surface area contributed by atoms with E-state index in [-0.39, 0.29) is 24.3 Å². The van der Waals surface area contributed by atoms with E-state index < -0.39 is 0 Å². The lowest BCUT2D eigenvalue weighted by molar-refractivity contribution is -0.135. The lowest BCUT2D eigenvalue weighted by Crippen LogP contribution is -2.16. The Morgan fingerprint density at radius 2 is 1.60 bits per heavy atom. The number of rotatable bonds is 3. The van der Waals surface area contributed by atoms with Gasteiger partial charge in [-0.2, -0.15) is 0 Å². The van der Waals surface area contributed by atoms with Gasteiger partial charge in [0.2, 0.25) is 0 Å². The largest absolute Gasteiger partial charge is 0.426 e. The van der Waals surface area contributed by atoms with E-state index in [4.69, 9.17) is 10.5 Å². The Morgan fingerprint density at radius 1 is 1.05 bits per heavy atom. The van der Waals surface area contributed by atoms with Crippen molar-refractivity contribution in [2.24, 2.45) is 0 Å². The molecule has 1 atom stereocenters. The summed E-state index contributed by atoms with van der Waals surface area (Å²) in [5, 5.41) is 0. The summed E-state index contributed by atoms with van der Waals surface area (Å²) in [5.41, 5.74) is 8.33. The number of nitrogens with two attached hydrogens (primary N) is 1. The normalized spacial score (nSPS) is 11.3. The van der Waals surface area contributed by atoms with Crippen molar-refractivity contribution in [1.82, 2.24) is 0 Å². The van der Waals surface area contributed by atoms with Crippen LogP contribution < -0.4 is 10.5 Å². The highest BCUT2D eigenvalue weighted by Crippen LogP contribution is 2.20. The number of hydrogen-bond donors (Lipinski definition) is 1. The van der Waals surface area contributed by atoms with Crippen LogP contribution in [-0.4, -0.2) is 5.97 Å². The highest BCUT2D eigenvalue weighted by atomic mass is 35.5. The van der Waals surface area contributed by atoms with Gasteiger partial charge in [-0.15, -0.1) is 12.4 Å². The Labute approximate surface area is 125 Å². The second-order valence-electron chi connectivity index (χ2n) is 4.62. The first-order valence-electron chi connectivity index (χ1n) is 6.20. The van der Waals surface area contributed by atoms with E-state index in [1.54, 1.807) is 24.3 Å². The molecule has 0 aromatic heterocycles. The summed E-state index contributed by atoms with van der Waals surface area (Å²) < 4.78 is 5.35. The fourth-order valence-electron chi connectivity index (χ4n) is 1.73. The number of carbonyl (C=O) groups is 1. The first kappa shape index (κ1) is 16.1. The fourth-order valence-corrected chi connectivity index (χ4v) is 1.73. The standard InChI is InChI=1S/C16H17NO2.ClH/c1-11-3-9-15(10-4-11)19-16(18)12(2)13-5-7-14(17)8-6-13;/h3-10,12H,17H2,1-2H3;1H. The van der Waals surface area contributed by atoms with Gasteiger partial charge in [-0.25, -0.2) is 0 Å². The predicted molar refractivity (Wildman–Crippen MR) is 83.3 cm³/mol. The van der Waals surface area contributed by atoms with Crippen molar-refractivity contribution in [3.05, 3.63) is 59.7 Å². The molecule has 0 heterocycles. The third-order valence-electron chi connectivity index (χ3n) is 3.03. The molecule has 0 saturated heterocycles. The van der Waals surface area contributed by atoms with Gasteiger partial charge in [0.25, 0.3) is 0 Å². The molecule has 4 heteroatoms. The molecule has 0 fully saturated rings. The molecule has 1 unspecified atom stereocenters. The molecule has 3 nitrogen and oxygen atoms in total. The highest BCUT2D eigenvalue weighted by Gasteiger charge is 2.17. The van der Waals surface area contributed by atoms with Crippen LogP contribution in [0.1, 0.15) is 24.0 Å². The molecular weight excluding hydrogens is 274 g/mol. The summed E-state index contributed by atoms with van der Waals surface area (Å²) in [4.78, 5) is 12.0. The molecule has 0 saturated carbocycles. The Bertz CT molecular complexity index is 564. The number of benzene rings is 2. The van der Waals surface area contributed by atoms with E-state index in [1.165, 1.54) is 0 Å². The van der Waals surface area contributed by atoms with Gasteiger partial charge in [-0.05, 0) is 43.7 Å². The van der Waals surface area contributed by atoms with Crippen LogP contribution in [0.5, 0.6) is 5.75 Å². The van der Waals surface area contributed by atoms with Gasteiger partial charge in [0, 0.05) is 5.69 Å². The molecule has 2 aromatic carbocycles. The van der Waals surface area contributed by atoms with E-state index in [9.17, 15) is 4.79 Å². The second-order valence-corrected chi connectivity index (χ2v) is 4.62. The maximum atomic E-state index is 12.0. The van der Waals surface area contributed by atoms with Gasteiger partial charge in [-0.3, -0.25) is 4.79 Å². The van der Waals surface area contributed by atoms with Crippen LogP contribution in [0.15, 0.2) is 48.5 Å². The average molecular weight is 292 g/mol. The van der Waals surface area contributed by atoms with Crippen molar-refractivity contribution >= 4 is 24.1 Å². The number of anilines is 1. The SMILES string of the molecule is Cc1ccc(OC(=O)C(C)c2ccc(N)cc2)cc1.Cl. The van der Waals surface area contributed by atoms with Crippen molar-refractivity contribution in [1.29, 1.82) is 0 Å². The summed E-state index contributed by atoms with van der Waals surface area (Å²) in [6, 6.07) is 14.7. The number of carbonyl (C=O) groups excluding carboxylic acids is 1. The van der Waals surface area contributed by atoms with Gasteiger partial charge in [-0.1, -0.05) is 29.8 Å². The molecular formula is C16H18ClNO2. The van der Waals surface area contributed by atoms with Crippen LogP contribution in [-0.2, 0) is 4.79 Å². The smallest absolute Gasteiger partial charge is 0.318 e. The minimum atomic E-state index is -0.318. The van der Waals surface area contributed by atoms with Gasteiger partial charge >= 0.3 is 5.97 Å². The van der Waals surface area contributed by atoms with Crippen LogP contribution in [0.3, 0.4) is 0 Å². The summed E-state index contributed by atoms with van der Waals surface area (Å²) in [6.07, 6.45) is 0. The molecule has 0 aliphatic rings. The Morgan fingerprint density at radius 3 is 2.15 bits per heavy atom. The number of halogens is 1. The predicted octanol–water partition coefficient (Wildman–Crippen LogP) is 3.71. The minimum Gasteiger partial charge on any atom is -0.426 e. The quantitative estimate of drug-likeness (QED) is 0.533.